The van der Waals surface area contributed by atoms with Crippen molar-refractivity contribution < 1.29 is 17.4 Å². The zero-order chi connectivity index (χ0) is 24.4. The van der Waals surface area contributed by atoms with Crippen molar-refractivity contribution in [2.45, 2.75) is 44.8 Å². The minimum absolute atomic E-state index is 0.0607. The highest BCUT2D eigenvalue weighted by Crippen LogP contribution is 2.30. The van der Waals surface area contributed by atoms with Crippen LogP contribution >= 0.6 is 22.7 Å². The number of fused-ring (bicyclic) bond motifs is 1. The fourth-order valence-corrected chi connectivity index (χ4v) is 6.89. The molecule has 0 saturated heterocycles. The third kappa shape index (κ3) is 6.13. The summed E-state index contributed by atoms with van der Waals surface area (Å²) in [6.07, 6.45) is 6.38. The molecule has 3 N–H and O–H groups in total. The molecule has 0 radical (unpaired) electrons. The molecule has 1 fully saturated rings. The van der Waals surface area contributed by atoms with Crippen molar-refractivity contribution in [3.8, 4) is 0 Å². The van der Waals surface area contributed by atoms with Gasteiger partial charge in [-0.15, -0.1) is 22.7 Å². The number of thiophene rings is 2. The second-order valence-corrected chi connectivity index (χ2v) is 12.2. The summed E-state index contributed by atoms with van der Waals surface area (Å²) < 4.78 is 26.8. The summed E-state index contributed by atoms with van der Waals surface area (Å²) in [5.41, 5.74) is 2.98. The molecule has 0 aromatic carbocycles. The third-order valence-electron chi connectivity index (χ3n) is 6.48. The topological polar surface area (TPSA) is 128 Å². The third-order valence-corrected chi connectivity index (χ3v) is 8.94. The highest BCUT2D eigenvalue weighted by molar-refractivity contribution is 7.84. The van der Waals surface area contributed by atoms with Gasteiger partial charge in [0, 0.05) is 36.8 Å². The molecule has 186 valence electrons. The Bertz CT molecular complexity index is 1310. The van der Waals surface area contributed by atoms with Gasteiger partial charge in [-0.05, 0) is 65.6 Å². The monoisotopic (exact) mass is 533 g/mol. The minimum atomic E-state index is -3.94. The number of aromatic nitrogens is 2. The lowest BCUT2D eigenvalue weighted by Crippen LogP contribution is -2.28. The molecule has 0 amide bonds. The Morgan fingerprint density at radius 2 is 2.20 bits per heavy atom. The van der Waals surface area contributed by atoms with Gasteiger partial charge in [-0.2, -0.15) is 8.42 Å². The average Bonchev–Trinajstić information content (AvgIpc) is 3.58. The van der Waals surface area contributed by atoms with Gasteiger partial charge < -0.3 is 5.32 Å². The molecule has 9 nitrogen and oxygen atoms in total. The van der Waals surface area contributed by atoms with E-state index in [1.54, 1.807) is 6.20 Å². The molecule has 35 heavy (non-hydrogen) atoms. The van der Waals surface area contributed by atoms with Gasteiger partial charge in [0.15, 0.2) is 0 Å². The van der Waals surface area contributed by atoms with Crippen molar-refractivity contribution in [3.05, 3.63) is 61.9 Å². The van der Waals surface area contributed by atoms with Crippen molar-refractivity contribution in [2.75, 3.05) is 18.5 Å². The molecule has 5 rings (SSSR count). The Kier molecular flexibility index (Phi) is 7.28. The summed E-state index contributed by atoms with van der Waals surface area (Å²) >= 11 is 3.28. The Labute approximate surface area is 212 Å². The number of nitrogens with two attached hydrogens (primary N) is 1. The fourth-order valence-electron chi connectivity index (χ4n) is 4.76. The van der Waals surface area contributed by atoms with Gasteiger partial charge in [-0.1, -0.05) is 0 Å². The summed E-state index contributed by atoms with van der Waals surface area (Å²) in [7, 11) is -3.94. The van der Waals surface area contributed by atoms with Gasteiger partial charge in [0.2, 0.25) is 5.78 Å². The van der Waals surface area contributed by atoms with E-state index in [0.717, 1.165) is 44.5 Å². The van der Waals surface area contributed by atoms with E-state index in [-0.39, 0.29) is 24.3 Å². The Morgan fingerprint density at radius 3 is 3.06 bits per heavy atom. The van der Waals surface area contributed by atoms with E-state index in [1.807, 2.05) is 17.4 Å². The number of carbonyl (C=O) groups is 1. The number of carbonyl (C=O) groups excluding carboxylic acids is 1. The van der Waals surface area contributed by atoms with Crippen LogP contribution in [0.1, 0.15) is 50.5 Å². The van der Waals surface area contributed by atoms with Crippen molar-refractivity contribution in [3.63, 3.8) is 0 Å². The number of nitrogens with one attached hydrogen (secondary N) is 1. The first kappa shape index (κ1) is 24.5. The van der Waals surface area contributed by atoms with Gasteiger partial charge in [-0.25, -0.2) is 15.1 Å². The zero-order valence-electron chi connectivity index (χ0n) is 19.1. The van der Waals surface area contributed by atoms with Crippen LogP contribution < -0.4 is 10.5 Å². The summed E-state index contributed by atoms with van der Waals surface area (Å²) in [6, 6.07) is 4.24. The smallest absolute Gasteiger partial charge is 0.333 e. The van der Waals surface area contributed by atoms with Crippen LogP contribution in [0.5, 0.6) is 0 Å². The number of nitrogens with zero attached hydrogens (tertiary/aromatic N) is 3. The predicted octanol–water partition coefficient (Wildman–Crippen LogP) is 3.19. The molecular weight excluding hydrogens is 506 g/mol. The van der Waals surface area contributed by atoms with E-state index < -0.39 is 10.3 Å². The number of anilines is 1. The first-order valence-electron chi connectivity index (χ1n) is 11.5. The molecule has 2 aliphatic rings. The fraction of sp³-hybridized carbons (Fsp3) is 0.435. The van der Waals surface area contributed by atoms with Crippen LogP contribution in [0.4, 0.5) is 5.82 Å². The number of ketones is 1. The molecule has 12 heteroatoms. The summed E-state index contributed by atoms with van der Waals surface area (Å²) in [6.45, 7) is 2.86. The van der Waals surface area contributed by atoms with Gasteiger partial charge in [0.25, 0.3) is 0 Å². The molecule has 3 aromatic rings. The van der Waals surface area contributed by atoms with Crippen molar-refractivity contribution in [1.29, 1.82) is 0 Å². The Hall–Kier alpha value is -2.22. The van der Waals surface area contributed by atoms with Crippen LogP contribution in [0.25, 0.3) is 0 Å². The highest BCUT2D eigenvalue weighted by Gasteiger charge is 2.28. The maximum Gasteiger partial charge on any atom is 0.333 e. The van der Waals surface area contributed by atoms with Crippen LogP contribution in [0, 0.1) is 5.92 Å². The summed E-state index contributed by atoms with van der Waals surface area (Å²) in [5, 5.41) is 12.5. The Morgan fingerprint density at radius 1 is 1.31 bits per heavy atom. The average molecular weight is 534 g/mol. The highest BCUT2D eigenvalue weighted by atomic mass is 32.2. The summed E-state index contributed by atoms with van der Waals surface area (Å²) in [5.74, 6) is 0.473. The lowest BCUT2D eigenvalue weighted by Gasteiger charge is -2.26. The molecule has 0 spiro atoms. The lowest BCUT2D eigenvalue weighted by atomic mass is 10.1. The maximum absolute atomic E-state index is 13.3. The van der Waals surface area contributed by atoms with Gasteiger partial charge in [0.05, 0.1) is 17.0 Å². The molecule has 1 saturated carbocycles. The number of hydrogen-bond donors (Lipinski definition) is 2. The second kappa shape index (κ2) is 10.4. The predicted molar refractivity (Wildman–Crippen MR) is 136 cm³/mol. The molecule has 0 bridgehead atoms. The first-order chi connectivity index (χ1) is 16.8. The maximum atomic E-state index is 13.3. The van der Waals surface area contributed by atoms with Crippen LogP contribution in [0.15, 0.2) is 35.4 Å². The van der Waals surface area contributed by atoms with Gasteiger partial charge in [-0.3, -0.25) is 13.9 Å². The molecule has 1 aliphatic carbocycles. The zero-order valence-corrected chi connectivity index (χ0v) is 21.5. The largest absolute Gasteiger partial charge is 0.367 e. The standard InChI is InChI=1S/C23H27N5O4S3/c24-35(30,31)32-12-15-1-2-18(7-15)27-23-19(9-25-14-26-23)22(29)21-8-16(13-34-21)10-28-5-3-20-17(11-28)4-6-33-20/h4,6,8-9,13-15,18H,1-3,5,7,10-12H2,(H2,24,30,31)(H,25,26,27)/t15-,18+/m1/s1. The van der Waals surface area contributed by atoms with E-state index in [0.29, 0.717) is 22.7 Å². The van der Waals surface area contributed by atoms with E-state index in [4.69, 9.17) is 9.32 Å². The first-order valence-corrected chi connectivity index (χ1v) is 14.7. The Balaban J connectivity index is 1.21. The summed E-state index contributed by atoms with van der Waals surface area (Å²) in [4.78, 5) is 26.3. The molecule has 4 heterocycles. The second-order valence-electron chi connectivity index (χ2n) is 9.06. The van der Waals surface area contributed by atoms with Crippen molar-refractivity contribution in [1.82, 2.24) is 14.9 Å². The molecule has 1 aliphatic heterocycles. The lowest BCUT2D eigenvalue weighted by molar-refractivity contribution is 0.104. The number of hydrogen-bond acceptors (Lipinski definition) is 10. The molecular formula is C23H27N5O4S3. The SMILES string of the molecule is NS(=O)(=O)OC[C@@H]1CC[C@H](Nc2ncncc2C(=O)c2cc(CN3CCc4sccc4C3)cs2)C1. The molecule has 0 unspecified atom stereocenters. The molecule has 2 atom stereocenters. The van der Waals surface area contributed by atoms with Gasteiger partial charge in [0.1, 0.15) is 12.1 Å². The van der Waals surface area contributed by atoms with E-state index in [2.05, 4.69) is 37.0 Å². The normalized spacial score (nSPS) is 20.6. The van der Waals surface area contributed by atoms with Crippen LogP contribution in [-0.2, 0) is 34.0 Å². The minimum Gasteiger partial charge on any atom is -0.367 e. The van der Waals surface area contributed by atoms with E-state index in [9.17, 15) is 13.2 Å². The van der Waals surface area contributed by atoms with Crippen LogP contribution in [0.2, 0.25) is 0 Å². The van der Waals surface area contributed by atoms with Crippen LogP contribution in [0.3, 0.4) is 0 Å². The van der Waals surface area contributed by atoms with Crippen LogP contribution in [-0.4, -0.2) is 48.3 Å². The molecule has 3 aromatic heterocycles. The number of rotatable bonds is 9. The van der Waals surface area contributed by atoms with E-state index >= 15 is 0 Å². The van der Waals surface area contributed by atoms with E-state index in [1.165, 1.54) is 28.1 Å². The van der Waals surface area contributed by atoms with Crippen molar-refractivity contribution >= 4 is 44.6 Å². The van der Waals surface area contributed by atoms with Crippen molar-refractivity contribution in [2.24, 2.45) is 11.1 Å². The quantitative estimate of drug-likeness (QED) is 0.402. The van der Waals surface area contributed by atoms with Gasteiger partial charge >= 0.3 is 10.3 Å².